The van der Waals surface area contributed by atoms with Crippen molar-refractivity contribution < 1.29 is 9.53 Å². The lowest BCUT2D eigenvalue weighted by atomic mass is 10.3. The summed E-state index contributed by atoms with van der Waals surface area (Å²) in [6, 6.07) is 10.5. The molecule has 0 saturated heterocycles. The predicted molar refractivity (Wildman–Crippen MR) is 77.1 cm³/mol. The second-order valence-corrected chi connectivity index (χ2v) is 3.97. The zero-order valence-corrected chi connectivity index (χ0v) is 11.4. The molecule has 0 bridgehead atoms. The van der Waals surface area contributed by atoms with Crippen molar-refractivity contribution in [1.29, 1.82) is 0 Å². The summed E-state index contributed by atoms with van der Waals surface area (Å²) in [6.07, 6.45) is 0. The van der Waals surface area contributed by atoms with Crippen LogP contribution in [0.15, 0.2) is 36.4 Å². The Morgan fingerprint density at radius 1 is 1.15 bits per heavy atom. The minimum atomic E-state index is -0.302. The van der Waals surface area contributed by atoms with Gasteiger partial charge >= 0.3 is 0 Å². The molecule has 0 atom stereocenters. The van der Waals surface area contributed by atoms with Gasteiger partial charge in [-0.25, -0.2) is 0 Å². The number of amides is 1. The van der Waals surface area contributed by atoms with Gasteiger partial charge in [-0.2, -0.15) is 0 Å². The predicted octanol–water partition coefficient (Wildman–Crippen LogP) is 2.17. The number of hydrogen-bond acceptors (Lipinski definition) is 5. The zero-order valence-electron chi connectivity index (χ0n) is 11.4. The molecule has 2 N–H and O–H groups in total. The van der Waals surface area contributed by atoms with Crippen molar-refractivity contribution in [3.63, 3.8) is 0 Å². The van der Waals surface area contributed by atoms with E-state index in [9.17, 15) is 4.79 Å². The van der Waals surface area contributed by atoms with Gasteiger partial charge < -0.3 is 15.4 Å². The van der Waals surface area contributed by atoms with Crippen molar-refractivity contribution in [3.8, 4) is 5.75 Å². The molecular formula is C14H16N4O2. The van der Waals surface area contributed by atoms with E-state index in [-0.39, 0.29) is 11.6 Å². The van der Waals surface area contributed by atoms with E-state index in [0.717, 1.165) is 5.75 Å². The highest BCUT2D eigenvalue weighted by molar-refractivity contribution is 6.02. The summed E-state index contributed by atoms with van der Waals surface area (Å²) in [6.45, 7) is 2.53. The van der Waals surface area contributed by atoms with Gasteiger partial charge in [-0.15, -0.1) is 10.2 Å². The van der Waals surface area contributed by atoms with Crippen molar-refractivity contribution in [2.45, 2.75) is 6.92 Å². The van der Waals surface area contributed by atoms with E-state index in [2.05, 4.69) is 20.8 Å². The first-order chi connectivity index (χ1) is 9.72. The van der Waals surface area contributed by atoms with Gasteiger partial charge in [0.2, 0.25) is 0 Å². The number of aromatic nitrogens is 2. The van der Waals surface area contributed by atoms with E-state index in [1.54, 1.807) is 43.4 Å². The fraction of sp³-hybridized carbons (Fsp3) is 0.214. The first-order valence-corrected chi connectivity index (χ1v) is 6.28. The highest BCUT2D eigenvalue weighted by Crippen LogP contribution is 2.16. The van der Waals surface area contributed by atoms with E-state index in [1.165, 1.54) is 0 Å². The van der Waals surface area contributed by atoms with Crippen LogP contribution < -0.4 is 15.4 Å². The van der Waals surface area contributed by atoms with Crippen LogP contribution in [0.4, 0.5) is 11.5 Å². The molecule has 6 nitrogen and oxygen atoms in total. The summed E-state index contributed by atoms with van der Waals surface area (Å²) in [5.41, 5.74) is 0.941. The lowest BCUT2D eigenvalue weighted by Gasteiger charge is -2.06. The molecule has 104 valence electrons. The number of nitrogens with one attached hydrogen (secondary N) is 2. The maximum Gasteiger partial charge on any atom is 0.276 e. The maximum absolute atomic E-state index is 12.0. The number of benzene rings is 1. The molecule has 1 aromatic carbocycles. The Balaban J connectivity index is 2.02. The van der Waals surface area contributed by atoms with Crippen LogP contribution in [0.1, 0.15) is 17.4 Å². The number of carbonyl (C=O) groups is 1. The van der Waals surface area contributed by atoms with Crippen LogP contribution in [0.2, 0.25) is 0 Å². The van der Waals surface area contributed by atoms with Crippen molar-refractivity contribution in [2.75, 3.05) is 24.3 Å². The second kappa shape index (κ2) is 6.51. The molecule has 2 rings (SSSR count). The van der Waals surface area contributed by atoms with Crippen molar-refractivity contribution in [1.82, 2.24) is 10.2 Å². The van der Waals surface area contributed by atoms with Crippen LogP contribution in [0, 0.1) is 0 Å². The molecule has 0 fully saturated rings. The Morgan fingerprint density at radius 2 is 1.90 bits per heavy atom. The third kappa shape index (κ3) is 3.44. The fourth-order valence-corrected chi connectivity index (χ4v) is 1.58. The lowest BCUT2D eigenvalue weighted by molar-refractivity contribution is 0.102. The molecule has 1 aromatic heterocycles. The average Bonchev–Trinajstić information content (AvgIpc) is 2.49. The molecule has 0 aliphatic rings. The normalized spacial score (nSPS) is 9.90. The van der Waals surface area contributed by atoms with Crippen LogP contribution in [0.3, 0.4) is 0 Å². The highest BCUT2D eigenvalue weighted by atomic mass is 16.5. The molecule has 0 radical (unpaired) electrons. The Labute approximate surface area is 117 Å². The second-order valence-electron chi connectivity index (χ2n) is 3.97. The highest BCUT2D eigenvalue weighted by Gasteiger charge is 2.08. The van der Waals surface area contributed by atoms with Gasteiger partial charge in [-0.1, -0.05) is 0 Å². The van der Waals surface area contributed by atoms with E-state index in [0.29, 0.717) is 18.1 Å². The summed E-state index contributed by atoms with van der Waals surface area (Å²) in [4.78, 5) is 12.0. The lowest BCUT2D eigenvalue weighted by Crippen LogP contribution is -2.14. The quantitative estimate of drug-likeness (QED) is 0.872. The molecule has 2 aromatic rings. The maximum atomic E-state index is 12.0. The van der Waals surface area contributed by atoms with E-state index in [1.807, 2.05) is 6.92 Å². The summed E-state index contributed by atoms with van der Waals surface area (Å²) in [7, 11) is 1.74. The molecule has 0 saturated carbocycles. The van der Waals surface area contributed by atoms with Crippen LogP contribution in [0.25, 0.3) is 0 Å². The summed E-state index contributed by atoms with van der Waals surface area (Å²) in [5, 5.41) is 13.3. The van der Waals surface area contributed by atoms with Gasteiger partial charge in [0.1, 0.15) is 11.6 Å². The standard InChI is InChI=1S/C14H16N4O2/c1-3-20-11-6-4-10(5-7-11)16-14(19)12-8-9-13(15-2)18-17-12/h4-9H,3H2,1-2H3,(H,15,18)(H,16,19). The van der Waals surface area contributed by atoms with E-state index < -0.39 is 0 Å². The topological polar surface area (TPSA) is 76.1 Å². The Kier molecular flexibility index (Phi) is 4.49. The monoisotopic (exact) mass is 272 g/mol. The average molecular weight is 272 g/mol. The van der Waals surface area contributed by atoms with E-state index >= 15 is 0 Å². The number of nitrogens with zero attached hydrogens (tertiary/aromatic N) is 2. The van der Waals surface area contributed by atoms with Gasteiger partial charge in [0.05, 0.1) is 6.61 Å². The summed E-state index contributed by atoms with van der Waals surface area (Å²) < 4.78 is 5.33. The molecule has 1 heterocycles. The van der Waals surface area contributed by atoms with Crippen LogP contribution in [-0.4, -0.2) is 29.8 Å². The van der Waals surface area contributed by atoms with Crippen molar-refractivity contribution in [3.05, 3.63) is 42.1 Å². The number of ether oxygens (including phenoxy) is 1. The van der Waals surface area contributed by atoms with Crippen LogP contribution in [0.5, 0.6) is 5.75 Å². The zero-order chi connectivity index (χ0) is 14.4. The van der Waals surface area contributed by atoms with Gasteiger partial charge in [0.25, 0.3) is 5.91 Å². The van der Waals surface area contributed by atoms with Gasteiger partial charge in [-0.05, 0) is 43.3 Å². The van der Waals surface area contributed by atoms with Gasteiger partial charge in [0, 0.05) is 12.7 Å². The molecule has 0 aliphatic carbocycles. The third-order valence-electron chi connectivity index (χ3n) is 2.58. The number of carbonyl (C=O) groups excluding carboxylic acids is 1. The molecule has 1 amide bonds. The fourth-order valence-electron chi connectivity index (χ4n) is 1.58. The molecule has 0 spiro atoms. The van der Waals surface area contributed by atoms with Crippen LogP contribution >= 0.6 is 0 Å². The Bertz CT molecular complexity index is 567. The van der Waals surface area contributed by atoms with Gasteiger partial charge in [-0.3, -0.25) is 4.79 Å². The number of anilines is 2. The molecule has 6 heteroatoms. The number of hydrogen-bond donors (Lipinski definition) is 2. The number of rotatable bonds is 5. The largest absolute Gasteiger partial charge is 0.494 e. The van der Waals surface area contributed by atoms with E-state index in [4.69, 9.17) is 4.74 Å². The summed E-state index contributed by atoms with van der Waals surface area (Å²) >= 11 is 0. The molecule has 0 aliphatic heterocycles. The molecular weight excluding hydrogens is 256 g/mol. The van der Waals surface area contributed by atoms with Crippen molar-refractivity contribution >= 4 is 17.4 Å². The first-order valence-electron chi connectivity index (χ1n) is 6.28. The SMILES string of the molecule is CCOc1ccc(NC(=O)c2ccc(NC)nn2)cc1. The van der Waals surface area contributed by atoms with Crippen LogP contribution in [-0.2, 0) is 0 Å². The first kappa shape index (κ1) is 13.8. The van der Waals surface area contributed by atoms with Gasteiger partial charge in [0.15, 0.2) is 5.69 Å². The molecule has 20 heavy (non-hydrogen) atoms. The Morgan fingerprint density at radius 3 is 2.45 bits per heavy atom. The van der Waals surface area contributed by atoms with Crippen molar-refractivity contribution in [2.24, 2.45) is 0 Å². The minimum Gasteiger partial charge on any atom is -0.494 e. The summed E-state index contributed by atoms with van der Waals surface area (Å²) in [5.74, 6) is 1.08. The molecule has 0 unspecified atom stereocenters. The third-order valence-corrected chi connectivity index (χ3v) is 2.58. The Hall–Kier alpha value is -2.63. The smallest absolute Gasteiger partial charge is 0.276 e. The minimum absolute atomic E-state index is 0.262.